The molecule has 1 aromatic heterocycles. The van der Waals surface area contributed by atoms with E-state index in [-0.39, 0.29) is 11.7 Å². The van der Waals surface area contributed by atoms with Gasteiger partial charge in [-0.2, -0.15) is 5.26 Å². The Labute approximate surface area is 202 Å². The van der Waals surface area contributed by atoms with Crippen LogP contribution < -0.4 is 10.6 Å². The van der Waals surface area contributed by atoms with Crippen LogP contribution in [0.4, 0.5) is 0 Å². The lowest BCUT2D eigenvalue weighted by Crippen LogP contribution is -2.50. The Morgan fingerprint density at radius 1 is 1.11 bits per heavy atom. The van der Waals surface area contributed by atoms with Crippen LogP contribution in [0, 0.1) is 11.3 Å². The molecule has 1 aliphatic heterocycles. The van der Waals surface area contributed by atoms with Crippen molar-refractivity contribution in [1.29, 1.82) is 5.26 Å². The molecule has 8 heteroatoms. The zero-order chi connectivity index (χ0) is 24.6. The zero-order valence-electron chi connectivity index (χ0n) is 19.5. The second kappa shape index (κ2) is 8.84. The van der Waals surface area contributed by atoms with E-state index in [4.69, 9.17) is 9.15 Å². The third-order valence-electron chi connectivity index (χ3n) is 6.71. The monoisotopic (exact) mass is 473 g/mol. The molecule has 1 aliphatic carbocycles. The number of furan rings is 1. The van der Waals surface area contributed by atoms with Gasteiger partial charge in [0, 0.05) is 5.39 Å². The van der Waals surface area contributed by atoms with Crippen LogP contribution in [-0.4, -0.2) is 41.7 Å². The number of hydrogen-bond donors (Lipinski definition) is 3. The molecule has 1 saturated heterocycles. The number of nitrogens with one attached hydrogen (secondary N) is 2. The molecule has 0 bridgehead atoms. The molecule has 0 spiro atoms. The third-order valence-corrected chi connectivity index (χ3v) is 6.71. The quantitative estimate of drug-likeness (QED) is 0.461. The summed E-state index contributed by atoms with van der Waals surface area (Å²) in [5.41, 5.74) is 1.54. The van der Waals surface area contributed by atoms with E-state index in [0.717, 1.165) is 22.1 Å². The Kier molecular flexibility index (Phi) is 5.83. The first-order valence-corrected chi connectivity index (χ1v) is 11.8. The molecule has 2 amide bonds. The predicted molar refractivity (Wildman–Crippen MR) is 128 cm³/mol. The van der Waals surface area contributed by atoms with E-state index < -0.39 is 23.1 Å². The molecular formula is C27H27N3O5. The fourth-order valence-electron chi connectivity index (χ4n) is 4.26. The second-order valence-electron chi connectivity index (χ2n) is 9.46. The van der Waals surface area contributed by atoms with Gasteiger partial charge in [-0.15, -0.1) is 0 Å². The van der Waals surface area contributed by atoms with Crippen LogP contribution in [0.2, 0.25) is 0 Å². The van der Waals surface area contributed by atoms with Gasteiger partial charge in [0.15, 0.2) is 5.76 Å². The number of amides is 2. The van der Waals surface area contributed by atoms with Crippen molar-refractivity contribution in [2.24, 2.45) is 0 Å². The van der Waals surface area contributed by atoms with Crippen LogP contribution in [0.15, 0.2) is 52.9 Å². The molecule has 1 atom stereocenters. The molecule has 1 saturated carbocycles. The van der Waals surface area contributed by atoms with Crippen molar-refractivity contribution in [3.63, 3.8) is 0 Å². The highest BCUT2D eigenvalue weighted by Crippen LogP contribution is 2.34. The first kappa shape index (κ1) is 23.1. The van der Waals surface area contributed by atoms with E-state index in [0.29, 0.717) is 44.5 Å². The molecule has 2 aromatic carbocycles. The molecule has 180 valence electrons. The van der Waals surface area contributed by atoms with Crippen LogP contribution in [0.5, 0.6) is 0 Å². The summed E-state index contributed by atoms with van der Waals surface area (Å²) in [6.07, 6.45) is 2.42. The van der Waals surface area contributed by atoms with Gasteiger partial charge in [0.25, 0.3) is 5.91 Å². The van der Waals surface area contributed by atoms with E-state index >= 15 is 0 Å². The van der Waals surface area contributed by atoms with Gasteiger partial charge in [-0.3, -0.25) is 9.59 Å². The van der Waals surface area contributed by atoms with Crippen LogP contribution in [0.25, 0.3) is 22.1 Å². The van der Waals surface area contributed by atoms with Crippen LogP contribution in [0.1, 0.15) is 48.7 Å². The molecule has 3 N–H and O–H groups in total. The Balaban J connectivity index is 1.31. The summed E-state index contributed by atoms with van der Waals surface area (Å²) >= 11 is 0. The maximum atomic E-state index is 12.9. The SMILES string of the molecule is CCC[C@H](NC(=O)c1cc2ccc(-c3ccc(C4(O)COC4)cc3)cc2o1)C(=O)NC1(C#N)CC1. The number of aliphatic hydroxyl groups is 1. The van der Waals surface area contributed by atoms with Gasteiger partial charge in [0.1, 0.15) is 22.8 Å². The summed E-state index contributed by atoms with van der Waals surface area (Å²) < 4.78 is 11.0. The number of carbonyl (C=O) groups excluding carboxylic acids is 2. The minimum atomic E-state index is -0.911. The highest BCUT2D eigenvalue weighted by molar-refractivity contribution is 5.99. The molecule has 0 unspecified atom stereocenters. The lowest BCUT2D eigenvalue weighted by atomic mass is 9.90. The normalized spacial score (nSPS) is 18.2. The number of benzene rings is 2. The standard InChI is InChI=1S/C27H27N3O5/c1-2-3-21(24(31)30-26(14-28)10-11-26)29-25(32)23-13-19-5-4-18(12-22(19)35-23)17-6-8-20(9-7-17)27(33)15-34-16-27/h4-9,12-13,21,33H,2-3,10-11,15-16H2,1H3,(H,29,32)(H,30,31)/t21-/m0/s1. The van der Waals surface area contributed by atoms with Gasteiger partial charge in [-0.25, -0.2) is 0 Å². The second-order valence-corrected chi connectivity index (χ2v) is 9.46. The Bertz CT molecular complexity index is 1310. The van der Waals surface area contributed by atoms with Crippen molar-refractivity contribution in [3.8, 4) is 17.2 Å². The maximum Gasteiger partial charge on any atom is 0.287 e. The minimum absolute atomic E-state index is 0.120. The summed E-state index contributed by atoms with van der Waals surface area (Å²) in [7, 11) is 0. The van der Waals surface area contributed by atoms with Gasteiger partial charge in [-0.05, 0) is 48.1 Å². The number of hydrogen-bond acceptors (Lipinski definition) is 6. The van der Waals surface area contributed by atoms with E-state index in [2.05, 4.69) is 16.7 Å². The lowest BCUT2D eigenvalue weighted by Gasteiger charge is -2.36. The van der Waals surface area contributed by atoms with Crippen molar-refractivity contribution >= 4 is 22.8 Å². The van der Waals surface area contributed by atoms with E-state index in [1.165, 1.54) is 0 Å². The number of fused-ring (bicyclic) bond motifs is 1. The first-order chi connectivity index (χ1) is 16.8. The summed E-state index contributed by atoms with van der Waals surface area (Å²) in [4.78, 5) is 25.6. The lowest BCUT2D eigenvalue weighted by molar-refractivity contribution is -0.184. The van der Waals surface area contributed by atoms with Crippen molar-refractivity contribution in [1.82, 2.24) is 10.6 Å². The van der Waals surface area contributed by atoms with Crippen LogP contribution >= 0.6 is 0 Å². The Morgan fingerprint density at radius 3 is 2.43 bits per heavy atom. The van der Waals surface area contributed by atoms with E-state index in [9.17, 15) is 20.0 Å². The van der Waals surface area contributed by atoms with Gasteiger partial charge < -0.3 is 24.9 Å². The largest absolute Gasteiger partial charge is 0.451 e. The number of ether oxygens (including phenoxy) is 1. The van der Waals surface area contributed by atoms with Crippen LogP contribution in [0.3, 0.4) is 0 Å². The molecule has 3 aromatic rings. The highest BCUT2D eigenvalue weighted by atomic mass is 16.5. The molecule has 0 radical (unpaired) electrons. The van der Waals surface area contributed by atoms with Crippen molar-refractivity contribution in [3.05, 3.63) is 59.9 Å². The number of nitrogens with zero attached hydrogens (tertiary/aromatic N) is 1. The van der Waals surface area contributed by atoms with Crippen molar-refractivity contribution in [2.45, 2.75) is 49.8 Å². The highest BCUT2D eigenvalue weighted by Gasteiger charge is 2.45. The molecule has 2 aliphatic rings. The van der Waals surface area contributed by atoms with Crippen molar-refractivity contribution in [2.75, 3.05) is 13.2 Å². The summed E-state index contributed by atoms with van der Waals surface area (Å²) in [6.45, 7) is 2.53. The Morgan fingerprint density at radius 2 is 1.83 bits per heavy atom. The maximum absolute atomic E-state index is 12.9. The molecule has 8 nitrogen and oxygen atoms in total. The topological polar surface area (TPSA) is 125 Å². The molecule has 35 heavy (non-hydrogen) atoms. The fraction of sp³-hybridized carbons (Fsp3) is 0.370. The molecule has 2 heterocycles. The number of carbonyl (C=O) groups is 2. The van der Waals surface area contributed by atoms with Gasteiger partial charge in [-0.1, -0.05) is 49.7 Å². The van der Waals surface area contributed by atoms with E-state index in [1.54, 1.807) is 6.07 Å². The van der Waals surface area contributed by atoms with Gasteiger partial charge in [0.2, 0.25) is 5.91 Å². The Hall–Kier alpha value is -3.67. The fourth-order valence-corrected chi connectivity index (χ4v) is 4.26. The average molecular weight is 474 g/mol. The smallest absolute Gasteiger partial charge is 0.287 e. The van der Waals surface area contributed by atoms with E-state index in [1.807, 2.05) is 49.4 Å². The first-order valence-electron chi connectivity index (χ1n) is 11.8. The number of nitriles is 1. The van der Waals surface area contributed by atoms with Gasteiger partial charge >= 0.3 is 0 Å². The van der Waals surface area contributed by atoms with Gasteiger partial charge in [0.05, 0.1) is 19.3 Å². The third kappa shape index (κ3) is 4.53. The molecular weight excluding hydrogens is 446 g/mol. The summed E-state index contributed by atoms with van der Waals surface area (Å²) in [5.74, 6) is -0.701. The van der Waals surface area contributed by atoms with Crippen LogP contribution in [-0.2, 0) is 15.1 Å². The number of rotatable bonds is 8. The molecule has 5 rings (SSSR count). The zero-order valence-corrected chi connectivity index (χ0v) is 19.5. The minimum Gasteiger partial charge on any atom is -0.451 e. The molecule has 2 fully saturated rings. The summed E-state index contributed by atoms with van der Waals surface area (Å²) in [6, 6.07) is 16.4. The average Bonchev–Trinajstić information content (AvgIpc) is 3.49. The van der Waals surface area contributed by atoms with Crippen molar-refractivity contribution < 1.29 is 23.8 Å². The predicted octanol–water partition coefficient (Wildman–Crippen LogP) is 3.39. The summed E-state index contributed by atoms with van der Waals surface area (Å²) in [5, 5.41) is 26.0.